The van der Waals surface area contributed by atoms with Crippen molar-refractivity contribution in [1.82, 2.24) is 9.80 Å². The fourth-order valence-corrected chi connectivity index (χ4v) is 6.60. The van der Waals surface area contributed by atoms with Crippen LogP contribution in [0.15, 0.2) is 0 Å². The Hall–Kier alpha value is -0.220. The highest BCUT2D eigenvalue weighted by Crippen LogP contribution is 2.29. The lowest BCUT2D eigenvalue weighted by atomic mass is 9.90. The van der Waals surface area contributed by atoms with Gasteiger partial charge in [-0.2, -0.15) is 0 Å². The van der Waals surface area contributed by atoms with Crippen LogP contribution in [0.3, 0.4) is 0 Å². The van der Waals surface area contributed by atoms with Crippen LogP contribution in [0.5, 0.6) is 0 Å². The first kappa shape index (κ1) is 32.8. The first-order valence-corrected chi connectivity index (χ1v) is 17.2. The Balaban J connectivity index is 0.000000351. The van der Waals surface area contributed by atoms with E-state index < -0.39 is 20.0 Å². The van der Waals surface area contributed by atoms with E-state index in [1.165, 1.54) is 70.5 Å². The summed E-state index contributed by atoms with van der Waals surface area (Å²) in [5, 5.41) is 0. The lowest BCUT2D eigenvalue weighted by Crippen LogP contribution is -2.50. The van der Waals surface area contributed by atoms with Crippen LogP contribution in [-0.4, -0.2) is 85.2 Å². The van der Waals surface area contributed by atoms with E-state index in [1.54, 1.807) is 0 Å². The highest BCUT2D eigenvalue weighted by Gasteiger charge is 2.31. The summed E-state index contributed by atoms with van der Waals surface area (Å²) < 4.78 is 54.6. The molecule has 0 amide bonds. The fraction of sp³-hybridized carbons (Fsp3) is 1.00. The summed E-state index contributed by atoms with van der Waals surface area (Å²) in [5.74, 6) is 0.0348. The maximum atomic E-state index is 11.3. The molecule has 2 fully saturated rings. The molecule has 35 heavy (non-hydrogen) atoms. The van der Waals surface area contributed by atoms with Crippen molar-refractivity contribution in [3.8, 4) is 0 Å². The first-order valence-electron chi connectivity index (χ1n) is 13.5. The summed E-state index contributed by atoms with van der Waals surface area (Å²) in [6, 6.07) is 1.12. The zero-order valence-corrected chi connectivity index (χ0v) is 25.1. The molecule has 2 saturated carbocycles. The van der Waals surface area contributed by atoms with Gasteiger partial charge in [-0.3, -0.25) is 9.80 Å². The van der Waals surface area contributed by atoms with Crippen LogP contribution >= 0.6 is 0 Å². The van der Waals surface area contributed by atoms with Crippen molar-refractivity contribution >= 4 is 20.0 Å². The number of sulfone groups is 1. The van der Waals surface area contributed by atoms with Gasteiger partial charge in [0.15, 0.2) is 0 Å². The van der Waals surface area contributed by atoms with Gasteiger partial charge in [-0.15, -0.1) is 0 Å². The van der Waals surface area contributed by atoms with Crippen LogP contribution in [0.4, 0.5) is 0 Å². The summed E-state index contributed by atoms with van der Waals surface area (Å²) in [6.45, 7) is 14.4. The molecule has 2 aliphatic carbocycles. The van der Waals surface area contributed by atoms with Gasteiger partial charge in [0, 0.05) is 41.7 Å². The molecular formula is C26H53N2O5S2-. The topological polar surface area (TPSA) is 97.8 Å². The quantitative estimate of drug-likeness (QED) is 0.389. The number of nitrogens with zero attached hydrogens (tertiary/aromatic N) is 2. The van der Waals surface area contributed by atoms with Gasteiger partial charge >= 0.3 is 0 Å². The van der Waals surface area contributed by atoms with Gasteiger partial charge in [0.2, 0.25) is 0 Å². The summed E-state index contributed by atoms with van der Waals surface area (Å²) in [5.41, 5.74) is 0.0986. The molecule has 0 spiro atoms. The Morgan fingerprint density at radius 3 is 1.34 bits per heavy atom. The van der Waals surface area contributed by atoms with Crippen LogP contribution in [0.1, 0.15) is 112 Å². The van der Waals surface area contributed by atoms with E-state index >= 15 is 0 Å². The molecule has 2 rings (SSSR count). The van der Waals surface area contributed by atoms with Crippen LogP contribution in [0.25, 0.3) is 0 Å². The molecule has 0 bridgehead atoms. The van der Waals surface area contributed by atoms with E-state index in [9.17, 15) is 21.4 Å². The molecule has 0 aromatic heterocycles. The molecule has 0 aromatic rings. The smallest absolute Gasteiger partial charge is 0.148 e. The van der Waals surface area contributed by atoms with Crippen molar-refractivity contribution in [2.75, 3.05) is 30.9 Å². The maximum Gasteiger partial charge on any atom is 0.148 e. The minimum Gasteiger partial charge on any atom is -0.748 e. The van der Waals surface area contributed by atoms with Crippen molar-refractivity contribution < 1.29 is 21.4 Å². The van der Waals surface area contributed by atoms with E-state index in [1.807, 2.05) is 0 Å². The Morgan fingerprint density at radius 1 is 0.657 bits per heavy atom. The third kappa shape index (κ3) is 14.3. The summed E-state index contributed by atoms with van der Waals surface area (Å²) in [6.07, 6.45) is 14.4. The second-order valence-electron chi connectivity index (χ2n) is 12.6. The van der Waals surface area contributed by atoms with Crippen LogP contribution in [0, 0.1) is 0 Å². The molecule has 9 heteroatoms. The minimum atomic E-state index is -4.07. The van der Waals surface area contributed by atoms with Gasteiger partial charge < -0.3 is 4.55 Å². The second-order valence-corrected chi connectivity index (χ2v) is 16.3. The van der Waals surface area contributed by atoms with Crippen LogP contribution in [-0.2, 0) is 20.0 Å². The van der Waals surface area contributed by atoms with Crippen molar-refractivity contribution in [2.45, 2.75) is 135 Å². The monoisotopic (exact) mass is 537 g/mol. The van der Waals surface area contributed by atoms with E-state index in [0.717, 1.165) is 0 Å². The average Bonchev–Trinajstić information content (AvgIpc) is 2.70. The Bertz CT molecular complexity index is 802. The summed E-state index contributed by atoms with van der Waals surface area (Å²) in [4.78, 5) is 4.78. The normalized spacial score (nSPS) is 19.6. The first-order chi connectivity index (χ1) is 15.9. The van der Waals surface area contributed by atoms with E-state index in [0.29, 0.717) is 31.6 Å². The number of hydrogen-bond donors (Lipinski definition) is 0. The molecule has 0 heterocycles. The molecule has 0 saturated heterocycles. The molecule has 0 aliphatic heterocycles. The van der Waals surface area contributed by atoms with Crippen LogP contribution < -0.4 is 0 Å². The third-order valence-corrected chi connectivity index (χ3v) is 8.96. The van der Waals surface area contributed by atoms with Crippen LogP contribution in [0.2, 0.25) is 0 Å². The predicted octanol–water partition coefficient (Wildman–Crippen LogP) is 4.82. The third-order valence-electron chi connectivity index (χ3n) is 7.25. The van der Waals surface area contributed by atoms with Gasteiger partial charge in [0.05, 0.1) is 15.9 Å². The lowest BCUT2D eigenvalue weighted by Gasteiger charge is -2.43. The Labute approximate surface area is 217 Å². The zero-order valence-electron chi connectivity index (χ0n) is 23.5. The molecule has 0 radical (unpaired) electrons. The van der Waals surface area contributed by atoms with Crippen molar-refractivity contribution in [3.63, 3.8) is 0 Å². The molecule has 7 nitrogen and oxygen atoms in total. The molecule has 0 aromatic carbocycles. The van der Waals surface area contributed by atoms with E-state index in [4.69, 9.17) is 0 Å². The zero-order chi connectivity index (χ0) is 26.9. The molecule has 0 unspecified atom stereocenters. The van der Waals surface area contributed by atoms with Crippen molar-refractivity contribution in [2.24, 2.45) is 0 Å². The van der Waals surface area contributed by atoms with Crippen molar-refractivity contribution in [1.29, 1.82) is 0 Å². The van der Waals surface area contributed by atoms with Gasteiger partial charge in [0.1, 0.15) is 9.84 Å². The molecular weight excluding hydrogens is 484 g/mol. The number of rotatable bonds is 9. The number of hydrogen-bond acceptors (Lipinski definition) is 7. The Morgan fingerprint density at radius 2 is 1.03 bits per heavy atom. The standard InChI is InChI=1S/C13H27NO3S.C13H27NO2S/c1-13(2,3)14(10-7-11-18(15,16)17)12-8-5-4-6-9-12;1-13(2,3)14(10-11-17(4,15)16)12-8-6-5-7-9-12/h12H,4-11H2,1-3H3,(H,15,16,17);12H,5-11H2,1-4H3/p-1. The highest BCUT2D eigenvalue weighted by atomic mass is 32.2. The lowest BCUT2D eigenvalue weighted by molar-refractivity contribution is 0.0606. The largest absolute Gasteiger partial charge is 0.748 e. The van der Waals surface area contributed by atoms with Crippen molar-refractivity contribution in [3.05, 3.63) is 0 Å². The van der Waals surface area contributed by atoms with Gasteiger partial charge in [-0.05, 0) is 80.2 Å². The predicted molar refractivity (Wildman–Crippen MR) is 146 cm³/mol. The van der Waals surface area contributed by atoms with Gasteiger partial charge in [-0.25, -0.2) is 16.8 Å². The highest BCUT2D eigenvalue weighted by molar-refractivity contribution is 7.90. The SMILES string of the molecule is CC(C)(C)N(CCCS(=O)(=O)[O-])C1CCCCC1.CC(C)(C)N(CCS(C)(=O)=O)C1CCCCC1. The molecule has 0 atom stereocenters. The minimum absolute atomic E-state index is 0.0364. The summed E-state index contributed by atoms with van der Waals surface area (Å²) in [7, 11) is -6.93. The maximum absolute atomic E-state index is 11.3. The van der Waals surface area contributed by atoms with E-state index in [2.05, 4.69) is 51.3 Å². The van der Waals surface area contributed by atoms with E-state index in [-0.39, 0.29) is 22.6 Å². The fourth-order valence-electron chi connectivity index (χ4n) is 5.59. The molecule has 210 valence electrons. The second kappa shape index (κ2) is 14.1. The molecule has 0 N–H and O–H groups in total. The van der Waals surface area contributed by atoms with Gasteiger partial charge in [-0.1, -0.05) is 38.5 Å². The van der Waals surface area contributed by atoms with Gasteiger partial charge in [0.25, 0.3) is 0 Å². The average molecular weight is 538 g/mol. The summed E-state index contributed by atoms with van der Waals surface area (Å²) >= 11 is 0. The Kier molecular flexibility index (Phi) is 13.2. The molecule has 2 aliphatic rings.